The van der Waals surface area contributed by atoms with Crippen molar-refractivity contribution in [2.45, 2.75) is 30.7 Å². The Bertz CT molecular complexity index is 1180. The predicted octanol–water partition coefficient (Wildman–Crippen LogP) is 3.89. The molecule has 0 spiro atoms. The van der Waals surface area contributed by atoms with E-state index in [9.17, 15) is 13.7 Å². The molecule has 4 rings (SSSR count). The summed E-state index contributed by atoms with van der Waals surface area (Å²) in [4.78, 5) is 4.65. The van der Waals surface area contributed by atoms with Gasteiger partial charge in [0.2, 0.25) is 10.0 Å². The Balaban J connectivity index is 1.67. The molecule has 0 aliphatic carbocycles. The van der Waals surface area contributed by atoms with Crippen LogP contribution in [0.3, 0.4) is 0 Å². The quantitative estimate of drug-likeness (QED) is 0.695. The standard InChI is InChI=1S/C22H22N4O2S/c23-14-18-16-24-20-10-4-3-9-19(20)22(18)25-15-17-8-2-5-11-21(17)29(27,28)26-12-6-1-7-13-26/h2-5,8-11,16H,1,6-7,12-13,15H2,(H,24,25). The van der Waals surface area contributed by atoms with Gasteiger partial charge in [0.05, 0.1) is 21.7 Å². The minimum Gasteiger partial charge on any atom is -0.379 e. The lowest BCUT2D eigenvalue weighted by atomic mass is 10.1. The van der Waals surface area contributed by atoms with Crippen LogP contribution in [-0.2, 0) is 16.6 Å². The van der Waals surface area contributed by atoms with Crippen molar-refractivity contribution in [3.05, 3.63) is 65.9 Å². The lowest BCUT2D eigenvalue weighted by Crippen LogP contribution is -2.36. The highest BCUT2D eigenvalue weighted by Gasteiger charge is 2.27. The van der Waals surface area contributed by atoms with Gasteiger partial charge in [0.15, 0.2) is 0 Å². The monoisotopic (exact) mass is 406 g/mol. The van der Waals surface area contributed by atoms with Crippen LogP contribution in [-0.4, -0.2) is 30.8 Å². The molecule has 3 aromatic rings. The van der Waals surface area contributed by atoms with E-state index < -0.39 is 10.0 Å². The molecule has 0 unspecified atom stereocenters. The molecule has 1 aromatic heterocycles. The summed E-state index contributed by atoms with van der Waals surface area (Å²) < 4.78 is 28.0. The van der Waals surface area contributed by atoms with Crippen molar-refractivity contribution in [1.29, 1.82) is 5.26 Å². The van der Waals surface area contributed by atoms with Crippen LogP contribution in [0.1, 0.15) is 30.4 Å². The van der Waals surface area contributed by atoms with Crippen molar-refractivity contribution < 1.29 is 8.42 Å². The number of aromatic nitrogens is 1. The van der Waals surface area contributed by atoms with Crippen LogP contribution in [0.2, 0.25) is 0 Å². The molecule has 0 saturated carbocycles. The first kappa shape index (κ1) is 19.4. The molecular formula is C22H22N4O2S. The van der Waals surface area contributed by atoms with Gasteiger partial charge in [0, 0.05) is 31.2 Å². The van der Waals surface area contributed by atoms with E-state index >= 15 is 0 Å². The van der Waals surface area contributed by atoms with Gasteiger partial charge < -0.3 is 5.32 Å². The molecular weight excluding hydrogens is 384 g/mol. The smallest absolute Gasteiger partial charge is 0.243 e. The summed E-state index contributed by atoms with van der Waals surface area (Å²) in [6, 6.07) is 16.8. The maximum Gasteiger partial charge on any atom is 0.243 e. The highest BCUT2D eigenvalue weighted by Crippen LogP contribution is 2.28. The van der Waals surface area contributed by atoms with Gasteiger partial charge in [0.1, 0.15) is 6.07 Å². The number of piperidine rings is 1. The summed E-state index contributed by atoms with van der Waals surface area (Å²) in [6.07, 6.45) is 4.41. The number of hydrogen-bond acceptors (Lipinski definition) is 5. The molecule has 1 saturated heterocycles. The minimum absolute atomic E-state index is 0.298. The Morgan fingerprint density at radius 1 is 1.03 bits per heavy atom. The van der Waals surface area contributed by atoms with E-state index in [0.29, 0.717) is 41.3 Å². The first-order valence-electron chi connectivity index (χ1n) is 9.71. The molecule has 29 heavy (non-hydrogen) atoms. The van der Waals surface area contributed by atoms with E-state index in [1.165, 1.54) is 0 Å². The van der Waals surface area contributed by atoms with E-state index in [1.54, 1.807) is 22.6 Å². The zero-order valence-corrected chi connectivity index (χ0v) is 16.8. The Kier molecular flexibility index (Phi) is 5.47. The van der Waals surface area contributed by atoms with Crippen molar-refractivity contribution in [3.8, 4) is 6.07 Å². The number of benzene rings is 2. The van der Waals surface area contributed by atoms with Crippen LogP contribution in [0.5, 0.6) is 0 Å². The first-order chi connectivity index (χ1) is 14.1. The molecule has 0 amide bonds. The summed E-state index contributed by atoms with van der Waals surface area (Å²) >= 11 is 0. The van der Waals surface area contributed by atoms with Crippen molar-refractivity contribution >= 4 is 26.6 Å². The van der Waals surface area contributed by atoms with Crippen LogP contribution < -0.4 is 5.32 Å². The molecule has 148 valence electrons. The fourth-order valence-electron chi connectivity index (χ4n) is 3.75. The molecule has 1 aliphatic heterocycles. The lowest BCUT2D eigenvalue weighted by molar-refractivity contribution is 0.346. The first-order valence-corrected chi connectivity index (χ1v) is 11.1. The Morgan fingerprint density at radius 3 is 2.55 bits per heavy atom. The number of nitriles is 1. The molecule has 1 N–H and O–H groups in total. The number of fused-ring (bicyclic) bond motifs is 1. The Morgan fingerprint density at radius 2 is 1.76 bits per heavy atom. The molecule has 0 bridgehead atoms. The number of rotatable bonds is 5. The van der Waals surface area contributed by atoms with Crippen molar-refractivity contribution in [2.24, 2.45) is 0 Å². The van der Waals surface area contributed by atoms with Gasteiger partial charge in [-0.05, 0) is 30.5 Å². The van der Waals surface area contributed by atoms with Gasteiger partial charge in [-0.25, -0.2) is 8.42 Å². The summed E-state index contributed by atoms with van der Waals surface area (Å²) in [5, 5.41) is 13.6. The second-order valence-electron chi connectivity index (χ2n) is 7.10. The van der Waals surface area contributed by atoms with E-state index in [0.717, 1.165) is 30.2 Å². The van der Waals surface area contributed by atoms with Crippen LogP contribution in [0.25, 0.3) is 10.9 Å². The number of anilines is 1. The number of para-hydroxylation sites is 1. The second kappa shape index (κ2) is 8.19. The molecule has 1 fully saturated rings. The van der Waals surface area contributed by atoms with Gasteiger partial charge in [-0.15, -0.1) is 0 Å². The van der Waals surface area contributed by atoms with Gasteiger partial charge in [0.25, 0.3) is 0 Å². The molecule has 0 radical (unpaired) electrons. The SMILES string of the molecule is N#Cc1cnc2ccccc2c1NCc1ccccc1S(=O)(=O)N1CCCCC1. The van der Waals surface area contributed by atoms with Crippen LogP contribution in [0.15, 0.2) is 59.6 Å². The Hall–Kier alpha value is -2.95. The second-order valence-corrected chi connectivity index (χ2v) is 9.01. The maximum absolute atomic E-state index is 13.2. The van der Waals surface area contributed by atoms with Gasteiger partial charge >= 0.3 is 0 Å². The molecule has 6 nitrogen and oxygen atoms in total. The van der Waals surface area contributed by atoms with E-state index in [-0.39, 0.29) is 0 Å². The zero-order valence-electron chi connectivity index (χ0n) is 16.0. The highest BCUT2D eigenvalue weighted by molar-refractivity contribution is 7.89. The lowest BCUT2D eigenvalue weighted by Gasteiger charge is -2.27. The summed E-state index contributed by atoms with van der Waals surface area (Å²) in [5.74, 6) is 0. The fraction of sp³-hybridized carbons (Fsp3) is 0.273. The fourth-order valence-corrected chi connectivity index (χ4v) is 5.49. The number of sulfonamides is 1. The average molecular weight is 407 g/mol. The summed E-state index contributed by atoms with van der Waals surface area (Å²) in [6.45, 7) is 1.43. The molecule has 7 heteroatoms. The number of pyridine rings is 1. The summed E-state index contributed by atoms with van der Waals surface area (Å²) in [5.41, 5.74) is 2.56. The third-order valence-corrected chi connectivity index (χ3v) is 7.26. The van der Waals surface area contributed by atoms with E-state index in [2.05, 4.69) is 16.4 Å². The molecule has 2 aromatic carbocycles. The maximum atomic E-state index is 13.2. The molecule has 0 atom stereocenters. The van der Waals surface area contributed by atoms with Crippen LogP contribution >= 0.6 is 0 Å². The van der Waals surface area contributed by atoms with E-state index in [1.807, 2.05) is 36.4 Å². The summed E-state index contributed by atoms with van der Waals surface area (Å²) in [7, 11) is -3.54. The number of nitrogens with one attached hydrogen (secondary N) is 1. The van der Waals surface area contributed by atoms with Gasteiger partial charge in [-0.2, -0.15) is 9.57 Å². The third kappa shape index (κ3) is 3.82. The largest absolute Gasteiger partial charge is 0.379 e. The highest BCUT2D eigenvalue weighted by atomic mass is 32.2. The van der Waals surface area contributed by atoms with Gasteiger partial charge in [-0.1, -0.05) is 42.8 Å². The van der Waals surface area contributed by atoms with Crippen molar-refractivity contribution in [3.63, 3.8) is 0 Å². The van der Waals surface area contributed by atoms with Crippen molar-refractivity contribution in [2.75, 3.05) is 18.4 Å². The normalized spacial score (nSPS) is 15.1. The van der Waals surface area contributed by atoms with Crippen molar-refractivity contribution in [1.82, 2.24) is 9.29 Å². The predicted molar refractivity (Wildman–Crippen MR) is 113 cm³/mol. The third-order valence-electron chi connectivity index (χ3n) is 5.26. The van der Waals surface area contributed by atoms with Crippen LogP contribution in [0.4, 0.5) is 5.69 Å². The van der Waals surface area contributed by atoms with Crippen LogP contribution in [0, 0.1) is 11.3 Å². The number of hydrogen-bond donors (Lipinski definition) is 1. The van der Waals surface area contributed by atoms with Gasteiger partial charge in [-0.3, -0.25) is 4.98 Å². The Labute approximate surface area is 170 Å². The number of nitrogens with zero attached hydrogens (tertiary/aromatic N) is 3. The molecule has 1 aliphatic rings. The zero-order chi connectivity index (χ0) is 20.3. The minimum atomic E-state index is -3.54. The molecule has 2 heterocycles. The topological polar surface area (TPSA) is 86.1 Å². The van der Waals surface area contributed by atoms with E-state index in [4.69, 9.17) is 0 Å². The average Bonchev–Trinajstić information content (AvgIpc) is 2.78.